The first-order valence-electron chi connectivity index (χ1n) is 4.10. The lowest BCUT2D eigenvalue weighted by Gasteiger charge is -1.95. The largest absolute Gasteiger partial charge is 0.229 e. The van der Waals surface area contributed by atoms with Crippen LogP contribution in [-0.2, 0) is 6.00 Å². The number of nitrogens with zero attached hydrogens (tertiary/aromatic N) is 2. The number of rotatable bonds is 2. The molecular formula is C9H6Cl2N2S2. The summed E-state index contributed by atoms with van der Waals surface area (Å²) in [6.07, 6.45) is 0. The van der Waals surface area contributed by atoms with E-state index in [1.54, 1.807) is 4.68 Å². The fourth-order valence-corrected chi connectivity index (χ4v) is 2.64. The fourth-order valence-electron chi connectivity index (χ4n) is 1.09. The number of alkyl halides is 1. The predicted molar refractivity (Wildman–Crippen MR) is 67.2 cm³/mol. The molecule has 0 bridgehead atoms. The van der Waals surface area contributed by atoms with Crippen molar-refractivity contribution in [2.75, 3.05) is 0 Å². The van der Waals surface area contributed by atoms with Crippen LogP contribution in [0, 0.1) is 3.95 Å². The van der Waals surface area contributed by atoms with E-state index in [0.717, 1.165) is 10.6 Å². The third-order valence-corrected chi connectivity index (χ3v) is 3.65. The minimum Gasteiger partial charge on any atom is -0.229 e. The van der Waals surface area contributed by atoms with Crippen molar-refractivity contribution in [3.05, 3.63) is 33.2 Å². The molecule has 1 aromatic carbocycles. The van der Waals surface area contributed by atoms with Gasteiger partial charge in [-0.2, -0.15) is 5.10 Å². The average molecular weight is 277 g/mol. The summed E-state index contributed by atoms with van der Waals surface area (Å²) in [6, 6.07) is 7.75. The molecule has 2 aromatic rings. The molecule has 2 nitrogen and oxygen atoms in total. The summed E-state index contributed by atoms with van der Waals surface area (Å²) in [5, 5.41) is 5.85. The summed E-state index contributed by atoms with van der Waals surface area (Å²) in [7, 11) is 0. The van der Waals surface area contributed by atoms with Crippen LogP contribution in [0.4, 0.5) is 0 Å². The summed E-state index contributed by atoms with van der Waals surface area (Å²) in [5.74, 6) is 0. The lowest BCUT2D eigenvalue weighted by molar-refractivity contribution is 0.739. The Morgan fingerprint density at radius 1 is 1.33 bits per heavy atom. The second kappa shape index (κ2) is 4.61. The molecule has 6 heteroatoms. The molecule has 0 saturated heterocycles. The Labute approximate surface area is 106 Å². The molecule has 0 N–H and O–H groups in total. The number of halogens is 2. The van der Waals surface area contributed by atoms with Crippen molar-refractivity contribution in [3.8, 4) is 10.6 Å². The summed E-state index contributed by atoms with van der Waals surface area (Å²) in [4.78, 5) is 0. The van der Waals surface area contributed by atoms with Gasteiger partial charge < -0.3 is 0 Å². The van der Waals surface area contributed by atoms with Crippen LogP contribution in [0.2, 0.25) is 5.02 Å². The van der Waals surface area contributed by atoms with Gasteiger partial charge in [0.2, 0.25) is 0 Å². The Balaban J connectivity index is 2.45. The van der Waals surface area contributed by atoms with Crippen LogP contribution in [0.5, 0.6) is 0 Å². The molecule has 15 heavy (non-hydrogen) atoms. The Hall–Kier alpha value is -0.420. The van der Waals surface area contributed by atoms with Crippen LogP contribution in [0.15, 0.2) is 24.3 Å². The van der Waals surface area contributed by atoms with Gasteiger partial charge in [-0.3, -0.25) is 0 Å². The number of benzene rings is 1. The maximum atomic E-state index is 5.80. The summed E-state index contributed by atoms with van der Waals surface area (Å²) < 4.78 is 2.26. The summed E-state index contributed by atoms with van der Waals surface area (Å²) in [6.45, 7) is 0. The van der Waals surface area contributed by atoms with E-state index in [4.69, 9.17) is 35.4 Å². The smallest absolute Gasteiger partial charge is 0.180 e. The van der Waals surface area contributed by atoms with E-state index in [0.29, 0.717) is 8.98 Å². The van der Waals surface area contributed by atoms with Gasteiger partial charge in [0.25, 0.3) is 0 Å². The van der Waals surface area contributed by atoms with Crippen molar-refractivity contribution in [2.45, 2.75) is 6.00 Å². The quantitative estimate of drug-likeness (QED) is 0.605. The number of hydrogen-bond donors (Lipinski definition) is 0. The molecule has 0 spiro atoms. The van der Waals surface area contributed by atoms with Crippen molar-refractivity contribution < 1.29 is 0 Å². The normalized spacial score (nSPS) is 10.5. The standard InChI is InChI=1S/C9H6Cl2N2S2/c10-5-13-9(14)15-8(12-13)6-1-3-7(11)4-2-6/h1-4H,5H2. The summed E-state index contributed by atoms with van der Waals surface area (Å²) in [5.41, 5.74) is 0.999. The molecule has 2 rings (SSSR count). The number of hydrogen-bond acceptors (Lipinski definition) is 3. The maximum Gasteiger partial charge on any atom is 0.180 e. The second-order valence-electron chi connectivity index (χ2n) is 2.80. The zero-order valence-corrected chi connectivity index (χ0v) is 10.6. The highest BCUT2D eigenvalue weighted by atomic mass is 35.5. The first-order chi connectivity index (χ1) is 7.20. The first-order valence-corrected chi connectivity index (χ1v) is 6.24. The molecule has 78 valence electrons. The van der Waals surface area contributed by atoms with Crippen LogP contribution >= 0.6 is 46.8 Å². The van der Waals surface area contributed by atoms with E-state index >= 15 is 0 Å². The van der Waals surface area contributed by atoms with E-state index in [9.17, 15) is 0 Å². The van der Waals surface area contributed by atoms with Crippen molar-refractivity contribution in [1.82, 2.24) is 9.78 Å². The highest BCUT2D eigenvalue weighted by Gasteiger charge is 2.05. The molecule has 0 radical (unpaired) electrons. The molecule has 0 aliphatic rings. The van der Waals surface area contributed by atoms with Crippen molar-refractivity contribution in [3.63, 3.8) is 0 Å². The number of aromatic nitrogens is 2. The minimum absolute atomic E-state index is 0.281. The van der Waals surface area contributed by atoms with Crippen LogP contribution in [0.25, 0.3) is 10.6 Å². The van der Waals surface area contributed by atoms with Gasteiger partial charge in [0.15, 0.2) is 3.95 Å². The Bertz CT molecular complexity index is 516. The van der Waals surface area contributed by atoms with Gasteiger partial charge in [-0.25, -0.2) is 4.68 Å². The molecular weight excluding hydrogens is 271 g/mol. The van der Waals surface area contributed by atoms with Crippen LogP contribution in [-0.4, -0.2) is 9.78 Å². The molecule has 0 fully saturated rings. The molecule has 1 aromatic heterocycles. The second-order valence-corrected chi connectivity index (χ2v) is 5.10. The van der Waals surface area contributed by atoms with E-state index in [-0.39, 0.29) is 6.00 Å². The van der Waals surface area contributed by atoms with E-state index in [2.05, 4.69) is 5.10 Å². The van der Waals surface area contributed by atoms with Gasteiger partial charge in [-0.15, -0.1) is 11.6 Å². The first kappa shape index (κ1) is 11.1. The van der Waals surface area contributed by atoms with Gasteiger partial charge in [-0.1, -0.05) is 35.1 Å². The highest BCUT2D eigenvalue weighted by Crippen LogP contribution is 2.24. The lowest BCUT2D eigenvalue weighted by atomic mass is 10.2. The Morgan fingerprint density at radius 2 is 2.00 bits per heavy atom. The molecule has 0 aliphatic heterocycles. The van der Waals surface area contributed by atoms with Gasteiger partial charge in [0.05, 0.1) is 0 Å². The van der Waals surface area contributed by atoms with Gasteiger partial charge in [0, 0.05) is 10.6 Å². The lowest BCUT2D eigenvalue weighted by Crippen LogP contribution is -1.93. The maximum absolute atomic E-state index is 5.80. The highest BCUT2D eigenvalue weighted by molar-refractivity contribution is 7.73. The molecule has 0 saturated carbocycles. The third-order valence-electron chi connectivity index (χ3n) is 1.81. The van der Waals surface area contributed by atoms with Crippen LogP contribution in [0.3, 0.4) is 0 Å². The molecule has 0 aliphatic carbocycles. The molecule has 1 heterocycles. The monoisotopic (exact) mass is 276 g/mol. The van der Waals surface area contributed by atoms with E-state index in [1.165, 1.54) is 11.3 Å². The van der Waals surface area contributed by atoms with Crippen molar-refractivity contribution >= 4 is 46.8 Å². The van der Waals surface area contributed by atoms with Crippen LogP contribution < -0.4 is 0 Å². The predicted octanol–water partition coefficient (Wildman–Crippen LogP) is 4.19. The van der Waals surface area contributed by atoms with Gasteiger partial charge in [-0.05, 0) is 24.4 Å². The molecule has 0 amide bonds. The van der Waals surface area contributed by atoms with Crippen molar-refractivity contribution in [2.24, 2.45) is 0 Å². The topological polar surface area (TPSA) is 17.8 Å². The Kier molecular flexibility index (Phi) is 3.41. The minimum atomic E-state index is 0.281. The van der Waals surface area contributed by atoms with E-state index < -0.39 is 0 Å². The zero-order chi connectivity index (χ0) is 10.8. The SMILES string of the molecule is S=c1sc(-c2ccc(Cl)cc2)nn1CCl. The van der Waals surface area contributed by atoms with Gasteiger partial charge >= 0.3 is 0 Å². The zero-order valence-electron chi connectivity index (χ0n) is 7.48. The molecule has 0 unspecified atom stereocenters. The average Bonchev–Trinajstić information content (AvgIpc) is 2.61. The van der Waals surface area contributed by atoms with Crippen LogP contribution in [0.1, 0.15) is 0 Å². The summed E-state index contributed by atoms with van der Waals surface area (Å²) >= 11 is 18.0. The van der Waals surface area contributed by atoms with E-state index in [1.807, 2.05) is 24.3 Å². The van der Waals surface area contributed by atoms with Gasteiger partial charge in [0.1, 0.15) is 11.0 Å². The third kappa shape index (κ3) is 2.39. The fraction of sp³-hybridized carbons (Fsp3) is 0.111. The molecule has 0 atom stereocenters. The Morgan fingerprint density at radius 3 is 2.53 bits per heavy atom. The van der Waals surface area contributed by atoms with Crippen molar-refractivity contribution in [1.29, 1.82) is 0 Å².